The lowest BCUT2D eigenvalue weighted by Crippen LogP contribution is -2.43. The first kappa shape index (κ1) is 23.0. The molecule has 0 fully saturated rings. The van der Waals surface area contributed by atoms with Crippen LogP contribution in [0.3, 0.4) is 0 Å². The average Bonchev–Trinajstić information content (AvgIpc) is 3.08. The van der Waals surface area contributed by atoms with E-state index in [-0.39, 0.29) is 0 Å². The molecule has 0 aliphatic rings. The van der Waals surface area contributed by atoms with E-state index in [1.807, 2.05) is 0 Å². The summed E-state index contributed by atoms with van der Waals surface area (Å²) in [7, 11) is 0. The third kappa shape index (κ3) is 4.16. The molecule has 0 aliphatic heterocycles. The molecule has 35 heavy (non-hydrogen) atoms. The van der Waals surface area contributed by atoms with Crippen molar-refractivity contribution in [3.63, 3.8) is 0 Å². The van der Waals surface area contributed by atoms with Gasteiger partial charge in [0.25, 0.3) is 6.33 Å². The molecule has 0 bridgehead atoms. The highest BCUT2D eigenvalue weighted by Gasteiger charge is 2.29. The second-order valence-electron chi connectivity index (χ2n) is 10.1. The normalized spacial score (nSPS) is 11.4. The number of rotatable bonds is 4. The van der Waals surface area contributed by atoms with Crippen LogP contribution in [0.2, 0.25) is 0 Å². The third-order valence-electron chi connectivity index (χ3n) is 7.13. The van der Waals surface area contributed by atoms with Gasteiger partial charge in [-0.1, -0.05) is 53.6 Å². The number of hydrogen-bond donors (Lipinski definition) is 0. The van der Waals surface area contributed by atoms with Crippen LogP contribution in [0.4, 0.5) is 0 Å². The van der Waals surface area contributed by atoms with Crippen LogP contribution in [-0.2, 0) is 6.54 Å². The third-order valence-corrected chi connectivity index (χ3v) is 7.13. The summed E-state index contributed by atoms with van der Waals surface area (Å²) in [5.41, 5.74) is 12.9. The Bertz CT molecular complexity index is 1540. The lowest BCUT2D eigenvalue weighted by Gasteiger charge is -2.09. The van der Waals surface area contributed by atoms with Gasteiger partial charge >= 0.3 is 0 Å². The van der Waals surface area contributed by atoms with Crippen LogP contribution in [0.1, 0.15) is 44.8 Å². The summed E-state index contributed by atoms with van der Waals surface area (Å²) in [6.07, 6.45) is 6.75. The molecule has 0 N–H and O–H groups in total. The Kier molecular flexibility index (Phi) is 5.80. The van der Waals surface area contributed by atoms with E-state index in [1.54, 1.807) is 0 Å². The molecule has 0 saturated heterocycles. The Morgan fingerprint density at radius 1 is 0.686 bits per heavy atom. The Morgan fingerprint density at radius 3 is 1.89 bits per heavy atom. The van der Waals surface area contributed by atoms with Gasteiger partial charge in [-0.05, 0) is 75.2 Å². The second kappa shape index (κ2) is 8.81. The van der Waals surface area contributed by atoms with Crippen molar-refractivity contribution in [1.82, 2.24) is 4.57 Å². The monoisotopic (exact) mass is 461 g/mol. The molecular weight excluding hydrogens is 426 g/mol. The van der Waals surface area contributed by atoms with Crippen molar-refractivity contribution in [2.24, 2.45) is 0 Å². The minimum Gasteiger partial charge on any atom is -0.198 e. The fourth-order valence-electron chi connectivity index (χ4n) is 5.75. The molecule has 3 aromatic carbocycles. The number of nitrogens with zero attached hydrogens (tertiary/aromatic N) is 3. The van der Waals surface area contributed by atoms with E-state index in [4.69, 9.17) is 0 Å². The summed E-state index contributed by atoms with van der Waals surface area (Å²) in [4.78, 5) is 0. The molecular formula is C32H35N3+2. The molecule has 2 aromatic heterocycles. The van der Waals surface area contributed by atoms with E-state index in [1.165, 1.54) is 66.9 Å². The van der Waals surface area contributed by atoms with Crippen molar-refractivity contribution in [2.75, 3.05) is 0 Å². The van der Waals surface area contributed by atoms with Gasteiger partial charge in [0, 0.05) is 18.4 Å². The van der Waals surface area contributed by atoms with Gasteiger partial charge in [-0.25, -0.2) is 0 Å². The summed E-state index contributed by atoms with van der Waals surface area (Å²) in [6.45, 7) is 16.3. The average molecular weight is 462 g/mol. The van der Waals surface area contributed by atoms with Crippen molar-refractivity contribution in [1.29, 1.82) is 0 Å². The lowest BCUT2D eigenvalue weighted by molar-refractivity contribution is -0.714. The standard InChI is InChI=1S/C32H35N3/c1-21-14-23(3)31(24(4)15-21)34-20-35(32-25(5)16-22(2)17-26(32)6)30(27(34)7)19-33-13-12-28-10-8-9-11-29(28)18-33/h8-18,20H,19H2,1-7H3/q+2. The molecule has 3 nitrogen and oxygen atoms in total. The smallest absolute Gasteiger partial charge is 0.198 e. The highest BCUT2D eigenvalue weighted by Crippen LogP contribution is 2.25. The summed E-state index contributed by atoms with van der Waals surface area (Å²) >= 11 is 0. The van der Waals surface area contributed by atoms with E-state index in [9.17, 15) is 0 Å². The number of aryl methyl sites for hydroxylation is 6. The Morgan fingerprint density at radius 2 is 1.26 bits per heavy atom. The van der Waals surface area contributed by atoms with Crippen molar-refractivity contribution in [3.05, 3.63) is 118 Å². The summed E-state index contributed by atoms with van der Waals surface area (Å²) in [5.74, 6) is 0. The maximum absolute atomic E-state index is 2.42. The van der Waals surface area contributed by atoms with E-state index in [0.29, 0.717) is 0 Å². The molecule has 0 aliphatic carbocycles. The number of hydrogen-bond acceptors (Lipinski definition) is 0. The van der Waals surface area contributed by atoms with E-state index in [0.717, 1.165) is 6.54 Å². The van der Waals surface area contributed by atoms with E-state index in [2.05, 4.69) is 135 Å². The molecule has 0 unspecified atom stereocenters. The maximum Gasteiger partial charge on any atom is 0.254 e. The van der Waals surface area contributed by atoms with Crippen LogP contribution in [-0.4, -0.2) is 4.57 Å². The zero-order valence-electron chi connectivity index (χ0n) is 22.0. The van der Waals surface area contributed by atoms with Gasteiger partial charge in [-0.2, -0.15) is 13.7 Å². The maximum atomic E-state index is 2.42. The Hall–Kier alpha value is -3.72. The highest BCUT2D eigenvalue weighted by molar-refractivity contribution is 5.80. The number of aromatic nitrogens is 3. The molecule has 3 heteroatoms. The predicted molar refractivity (Wildman–Crippen MR) is 144 cm³/mol. The fraction of sp³-hybridized carbons (Fsp3) is 0.250. The molecule has 5 rings (SSSR count). The second-order valence-corrected chi connectivity index (χ2v) is 10.1. The quantitative estimate of drug-likeness (QED) is 0.275. The molecule has 0 radical (unpaired) electrons. The summed E-state index contributed by atoms with van der Waals surface area (Å²) in [6, 6.07) is 19.9. The number of pyridine rings is 1. The van der Waals surface area contributed by atoms with Crippen LogP contribution in [0, 0.1) is 48.5 Å². The van der Waals surface area contributed by atoms with Crippen molar-refractivity contribution in [2.45, 2.75) is 55.0 Å². The van der Waals surface area contributed by atoms with Crippen LogP contribution >= 0.6 is 0 Å². The predicted octanol–water partition coefficient (Wildman–Crippen LogP) is 6.40. The molecule has 0 amide bonds. The first-order valence-electron chi connectivity index (χ1n) is 12.4. The highest BCUT2D eigenvalue weighted by atomic mass is 15.2. The van der Waals surface area contributed by atoms with E-state index >= 15 is 0 Å². The topological polar surface area (TPSA) is 12.7 Å². The van der Waals surface area contributed by atoms with Crippen molar-refractivity contribution < 1.29 is 9.13 Å². The van der Waals surface area contributed by atoms with Crippen molar-refractivity contribution in [3.8, 4) is 11.4 Å². The van der Waals surface area contributed by atoms with Gasteiger partial charge in [0.2, 0.25) is 12.2 Å². The molecule has 0 atom stereocenters. The molecule has 0 spiro atoms. The molecule has 0 saturated carbocycles. The molecule has 176 valence electrons. The Balaban J connectivity index is 1.75. The van der Waals surface area contributed by atoms with Gasteiger partial charge in [-0.15, -0.1) is 0 Å². The van der Waals surface area contributed by atoms with E-state index < -0.39 is 0 Å². The van der Waals surface area contributed by atoms with Crippen LogP contribution in [0.5, 0.6) is 0 Å². The first-order chi connectivity index (χ1) is 16.7. The van der Waals surface area contributed by atoms with Crippen LogP contribution < -0.4 is 9.13 Å². The SMILES string of the molecule is Cc1cc(C)c(-n2c[n+](-c3c(C)cc(C)cc3C)c(C[n+]3ccc4ccccc4c3)c2C)c(C)c1. The van der Waals surface area contributed by atoms with Crippen LogP contribution in [0.15, 0.2) is 73.3 Å². The fourth-order valence-corrected chi connectivity index (χ4v) is 5.75. The molecule has 2 heterocycles. The number of imidazole rings is 1. The Labute approximate surface area is 208 Å². The first-order valence-corrected chi connectivity index (χ1v) is 12.4. The summed E-state index contributed by atoms with van der Waals surface area (Å²) < 4.78 is 7.11. The van der Waals surface area contributed by atoms with Gasteiger partial charge < -0.3 is 0 Å². The largest absolute Gasteiger partial charge is 0.254 e. The lowest BCUT2D eigenvalue weighted by atomic mass is 10.0. The number of benzene rings is 3. The van der Waals surface area contributed by atoms with Gasteiger partial charge in [-0.3, -0.25) is 0 Å². The van der Waals surface area contributed by atoms with Crippen LogP contribution in [0.25, 0.3) is 22.1 Å². The molecule has 5 aromatic rings. The van der Waals surface area contributed by atoms with Crippen molar-refractivity contribution >= 4 is 10.8 Å². The summed E-state index contributed by atoms with van der Waals surface area (Å²) in [5, 5.41) is 2.52. The minimum atomic E-state index is 0.792. The van der Waals surface area contributed by atoms with Gasteiger partial charge in [0.1, 0.15) is 11.4 Å². The zero-order valence-corrected chi connectivity index (χ0v) is 22.0. The number of fused-ring (bicyclic) bond motifs is 1. The zero-order chi connectivity index (χ0) is 24.9. The minimum absolute atomic E-state index is 0.792. The van der Waals surface area contributed by atoms with Gasteiger partial charge in [0.05, 0.1) is 0 Å². The van der Waals surface area contributed by atoms with Gasteiger partial charge in [0.15, 0.2) is 18.1 Å².